The highest BCUT2D eigenvalue weighted by Gasteiger charge is 2.32. The molecule has 1 N–H and O–H groups in total. The van der Waals surface area contributed by atoms with E-state index < -0.39 is 14.2 Å². The first-order valence-corrected chi connectivity index (χ1v) is 23.7. The summed E-state index contributed by atoms with van der Waals surface area (Å²) in [7, 11) is -1.18. The number of fused-ring (bicyclic) bond motifs is 3. The number of nitrogens with zero attached hydrogens (tertiary/aromatic N) is 6. The average molecular weight is 772 g/mol. The van der Waals surface area contributed by atoms with Crippen molar-refractivity contribution in [3.05, 3.63) is 129 Å². The van der Waals surface area contributed by atoms with Crippen LogP contribution in [0.25, 0.3) is 21.8 Å². The first-order chi connectivity index (χ1) is 27.1. The molecule has 3 aromatic carbocycles. The van der Waals surface area contributed by atoms with Gasteiger partial charge in [0.1, 0.15) is 6.73 Å². The van der Waals surface area contributed by atoms with Crippen molar-refractivity contribution >= 4 is 36.0 Å². The maximum absolute atomic E-state index is 14.0. The molecule has 0 saturated carbocycles. The van der Waals surface area contributed by atoms with Crippen molar-refractivity contribution in [1.29, 1.82) is 0 Å². The Hall–Kier alpha value is -5.04. The lowest BCUT2D eigenvalue weighted by Gasteiger charge is -2.33. The molecule has 1 amide bonds. The molecule has 3 aromatic heterocycles. The van der Waals surface area contributed by atoms with Gasteiger partial charge in [-0.2, -0.15) is 5.10 Å². The maximum atomic E-state index is 14.0. The smallest absolute Gasteiger partial charge is 0.410 e. The van der Waals surface area contributed by atoms with E-state index in [2.05, 4.69) is 77.4 Å². The fraction of sp³-hybridized carbons (Fsp3) is 0.409. The molecule has 5 heterocycles. The number of carbonyl (C=O) groups excluding carboxylic acids is 1. The van der Waals surface area contributed by atoms with Gasteiger partial charge in [0.2, 0.25) is 0 Å². The van der Waals surface area contributed by atoms with Gasteiger partial charge in [-0.25, -0.2) is 14.5 Å². The van der Waals surface area contributed by atoms with E-state index in [4.69, 9.17) is 19.6 Å². The lowest BCUT2D eigenvalue weighted by molar-refractivity contribution is 0.0495. The molecule has 0 bridgehead atoms. The number of carbonyl (C=O) groups is 1. The monoisotopic (exact) mass is 771 g/mol. The highest BCUT2D eigenvalue weighted by Crippen LogP contribution is 2.32. The number of aromatic amines is 1. The summed E-state index contributed by atoms with van der Waals surface area (Å²) in [6.07, 6.45) is 4.92. The summed E-state index contributed by atoms with van der Waals surface area (Å²) >= 11 is 0. The normalized spacial score (nSPS) is 16.0. The minimum absolute atomic E-state index is 0.0522. The van der Waals surface area contributed by atoms with Gasteiger partial charge in [0.15, 0.2) is 11.9 Å². The summed E-state index contributed by atoms with van der Waals surface area (Å²) in [4.78, 5) is 39.3. The molecule has 0 aliphatic carbocycles. The molecule has 1 fully saturated rings. The van der Waals surface area contributed by atoms with Crippen LogP contribution in [0, 0.1) is 6.92 Å². The van der Waals surface area contributed by atoms with E-state index in [1.54, 1.807) is 4.90 Å². The molecule has 56 heavy (non-hydrogen) atoms. The minimum atomic E-state index is -1.18. The standard InChI is InChI=1S/C44H53N7O4Si/c1-31-22-33(23-36-28-50(47-41(31)36)30-54-20-21-56(2,3)4)24-40(42-45-26-37-29-48(18-19-51(37)42)27-32-10-6-5-7-11-32)55-44(53)49-16-14-34(15-17-49)38-25-35-12-8-9-13-39(35)46-43(38)52/h5-13,22-23,25-26,28,34,40H,14-21,24,27,29-30H2,1-4H3,(H,46,52). The van der Waals surface area contributed by atoms with E-state index in [9.17, 15) is 9.59 Å². The summed E-state index contributed by atoms with van der Waals surface area (Å²) < 4.78 is 16.6. The highest BCUT2D eigenvalue weighted by molar-refractivity contribution is 6.76. The van der Waals surface area contributed by atoms with Crippen LogP contribution in [-0.4, -0.2) is 74.5 Å². The van der Waals surface area contributed by atoms with Crippen LogP contribution in [0.1, 0.15) is 58.6 Å². The number of aryl methyl sites for hydroxylation is 1. The van der Waals surface area contributed by atoms with Crippen molar-refractivity contribution < 1.29 is 14.3 Å². The molecule has 1 atom stereocenters. The number of likely N-dealkylation sites (tertiary alicyclic amines) is 1. The zero-order valence-corrected chi connectivity index (χ0v) is 34.0. The number of hydrogen-bond donors (Lipinski definition) is 1. The number of H-pyrrole nitrogens is 1. The molecule has 6 aromatic rings. The van der Waals surface area contributed by atoms with E-state index in [-0.39, 0.29) is 17.6 Å². The Balaban J connectivity index is 1.00. The van der Waals surface area contributed by atoms with Crippen LogP contribution in [0.3, 0.4) is 0 Å². The molecule has 2 aliphatic heterocycles. The molecule has 2 aliphatic rings. The summed E-state index contributed by atoms with van der Waals surface area (Å²) in [6.45, 7) is 14.6. The number of aromatic nitrogens is 5. The second-order valence-corrected chi connectivity index (χ2v) is 22.4. The molecule has 1 unspecified atom stereocenters. The van der Waals surface area contributed by atoms with Crippen molar-refractivity contribution in [3.63, 3.8) is 0 Å². The van der Waals surface area contributed by atoms with Crippen molar-refractivity contribution in [2.75, 3.05) is 26.2 Å². The Morgan fingerprint density at radius 3 is 2.54 bits per heavy atom. The van der Waals surface area contributed by atoms with E-state index in [1.807, 2.05) is 53.5 Å². The first-order valence-electron chi connectivity index (χ1n) is 20.0. The van der Waals surface area contributed by atoms with Crippen LogP contribution in [-0.2, 0) is 42.3 Å². The number of rotatable bonds is 12. The third kappa shape index (κ3) is 8.67. The second kappa shape index (κ2) is 16.2. The Kier molecular flexibility index (Phi) is 11.0. The fourth-order valence-electron chi connectivity index (χ4n) is 8.19. The van der Waals surface area contributed by atoms with Crippen LogP contribution in [0.15, 0.2) is 90.0 Å². The van der Waals surface area contributed by atoms with Crippen molar-refractivity contribution in [1.82, 2.24) is 34.1 Å². The van der Waals surface area contributed by atoms with Crippen LogP contribution in [0.5, 0.6) is 0 Å². The molecule has 0 radical (unpaired) electrons. The van der Waals surface area contributed by atoms with Gasteiger partial charge in [-0.1, -0.05) is 74.2 Å². The van der Waals surface area contributed by atoms with Gasteiger partial charge in [0, 0.05) is 89.2 Å². The third-order valence-corrected chi connectivity index (χ3v) is 13.0. The van der Waals surface area contributed by atoms with Crippen LogP contribution >= 0.6 is 0 Å². The molecular weight excluding hydrogens is 719 g/mol. The number of imidazole rings is 1. The van der Waals surface area contributed by atoms with Crippen molar-refractivity contribution in [2.45, 2.75) is 90.3 Å². The number of piperidine rings is 1. The van der Waals surface area contributed by atoms with Crippen LogP contribution < -0.4 is 5.56 Å². The lowest BCUT2D eigenvalue weighted by Crippen LogP contribution is -2.40. The Bertz CT molecular complexity index is 2370. The minimum Gasteiger partial charge on any atom is -0.438 e. The number of amides is 1. The Morgan fingerprint density at radius 1 is 0.946 bits per heavy atom. The number of ether oxygens (including phenoxy) is 2. The van der Waals surface area contributed by atoms with Gasteiger partial charge < -0.3 is 23.9 Å². The van der Waals surface area contributed by atoms with E-state index in [0.717, 1.165) is 88.8 Å². The molecular formula is C44H53N7O4Si. The molecule has 1 saturated heterocycles. The third-order valence-electron chi connectivity index (χ3n) is 11.3. The summed E-state index contributed by atoms with van der Waals surface area (Å²) in [5.41, 5.74) is 7.04. The van der Waals surface area contributed by atoms with Crippen LogP contribution in [0.4, 0.5) is 4.79 Å². The number of hydrogen-bond acceptors (Lipinski definition) is 7. The predicted octanol–water partition coefficient (Wildman–Crippen LogP) is 8.01. The predicted molar refractivity (Wildman–Crippen MR) is 222 cm³/mol. The van der Waals surface area contributed by atoms with Crippen molar-refractivity contribution in [3.8, 4) is 0 Å². The molecule has 12 heteroatoms. The quantitative estimate of drug-likeness (QED) is 0.0992. The zero-order valence-electron chi connectivity index (χ0n) is 33.0. The fourth-order valence-corrected chi connectivity index (χ4v) is 8.95. The van der Waals surface area contributed by atoms with Gasteiger partial charge in [-0.3, -0.25) is 9.69 Å². The topological polar surface area (TPSA) is 111 Å². The summed E-state index contributed by atoms with van der Waals surface area (Å²) in [5, 5.41) is 6.89. The van der Waals surface area contributed by atoms with E-state index in [0.29, 0.717) is 39.1 Å². The maximum Gasteiger partial charge on any atom is 0.410 e. The zero-order chi connectivity index (χ0) is 38.8. The number of para-hydroxylation sites is 1. The molecule has 8 rings (SSSR count). The first kappa shape index (κ1) is 37.9. The lowest BCUT2D eigenvalue weighted by atomic mass is 9.89. The SMILES string of the molecule is Cc1cc(CC(OC(=O)N2CCC(c3cc4ccccc4[nH]c3=O)CC2)c2ncc3n2CCN(Cc2ccccc2)C3)cc2cn(COCC[Si](C)(C)C)nc12. The van der Waals surface area contributed by atoms with Crippen LogP contribution in [0.2, 0.25) is 25.7 Å². The van der Waals surface area contributed by atoms with Gasteiger partial charge in [-0.05, 0) is 72.0 Å². The largest absolute Gasteiger partial charge is 0.438 e. The summed E-state index contributed by atoms with van der Waals surface area (Å²) in [5.74, 6) is 0.845. The molecule has 11 nitrogen and oxygen atoms in total. The van der Waals surface area contributed by atoms with Crippen molar-refractivity contribution in [2.24, 2.45) is 0 Å². The summed E-state index contributed by atoms with van der Waals surface area (Å²) in [6, 6.07) is 25.8. The average Bonchev–Trinajstić information content (AvgIpc) is 3.80. The van der Waals surface area contributed by atoms with Gasteiger partial charge in [-0.15, -0.1) is 0 Å². The second-order valence-electron chi connectivity index (χ2n) is 16.8. The number of nitrogens with one attached hydrogen (secondary N) is 1. The molecule has 292 valence electrons. The molecule has 0 spiro atoms. The van der Waals surface area contributed by atoms with Gasteiger partial charge in [0.05, 0.1) is 11.2 Å². The van der Waals surface area contributed by atoms with Gasteiger partial charge in [0.25, 0.3) is 5.56 Å². The number of pyridine rings is 1. The highest BCUT2D eigenvalue weighted by atomic mass is 28.3. The number of benzene rings is 3. The Morgan fingerprint density at radius 2 is 1.73 bits per heavy atom. The van der Waals surface area contributed by atoms with Gasteiger partial charge >= 0.3 is 6.09 Å². The Labute approximate surface area is 329 Å². The van der Waals surface area contributed by atoms with E-state index in [1.165, 1.54) is 5.56 Å². The van der Waals surface area contributed by atoms with E-state index >= 15 is 0 Å².